The highest BCUT2D eigenvalue weighted by atomic mass is 16.5. The Labute approximate surface area is 157 Å². The first-order valence-electron chi connectivity index (χ1n) is 8.41. The molecule has 6 nitrogen and oxygen atoms in total. The Bertz CT molecular complexity index is 961. The SMILES string of the molecule is CO/C(=C1\C(=O)N(C(C)=O)c2ccc(C(=O)N(C)C)cc21)c1ccccc1. The minimum absolute atomic E-state index is 0.190. The average Bonchev–Trinajstić information content (AvgIpc) is 2.94. The maximum Gasteiger partial charge on any atom is 0.269 e. The fourth-order valence-corrected chi connectivity index (χ4v) is 3.14. The molecule has 3 rings (SSSR count). The summed E-state index contributed by atoms with van der Waals surface area (Å²) in [5, 5.41) is 0. The molecule has 138 valence electrons. The second-order valence-electron chi connectivity index (χ2n) is 6.37. The molecule has 0 unspecified atom stereocenters. The van der Waals surface area contributed by atoms with Crippen LogP contribution in [0, 0.1) is 0 Å². The molecule has 1 heterocycles. The topological polar surface area (TPSA) is 66.9 Å². The summed E-state index contributed by atoms with van der Waals surface area (Å²) in [5.74, 6) is -0.691. The molecule has 0 saturated carbocycles. The van der Waals surface area contributed by atoms with Gasteiger partial charge in [0.2, 0.25) is 5.91 Å². The van der Waals surface area contributed by atoms with E-state index in [2.05, 4.69) is 0 Å². The lowest BCUT2D eigenvalue weighted by atomic mass is 9.99. The quantitative estimate of drug-likeness (QED) is 0.620. The molecule has 0 fully saturated rings. The van der Waals surface area contributed by atoms with Crippen LogP contribution in [0.3, 0.4) is 0 Å². The van der Waals surface area contributed by atoms with Gasteiger partial charge in [-0.05, 0) is 18.2 Å². The number of benzene rings is 2. The van der Waals surface area contributed by atoms with Crippen molar-refractivity contribution in [2.45, 2.75) is 6.92 Å². The minimum atomic E-state index is -0.465. The summed E-state index contributed by atoms with van der Waals surface area (Å²) in [6, 6.07) is 14.1. The lowest BCUT2D eigenvalue weighted by Gasteiger charge is -2.13. The molecule has 0 bridgehead atoms. The van der Waals surface area contributed by atoms with Gasteiger partial charge in [-0.2, -0.15) is 0 Å². The molecule has 27 heavy (non-hydrogen) atoms. The van der Waals surface area contributed by atoms with Gasteiger partial charge in [0.05, 0.1) is 18.4 Å². The van der Waals surface area contributed by atoms with E-state index in [0.717, 1.165) is 4.90 Å². The standard InChI is InChI=1S/C21H20N2O4/c1-13(24)23-17-11-10-15(20(25)22(2)3)12-16(17)18(21(23)26)19(27-4)14-8-6-5-7-9-14/h5-12H,1-4H3/b19-18-. The van der Waals surface area contributed by atoms with E-state index in [-0.39, 0.29) is 11.5 Å². The van der Waals surface area contributed by atoms with Crippen LogP contribution in [0.15, 0.2) is 48.5 Å². The van der Waals surface area contributed by atoms with Crippen molar-refractivity contribution >= 4 is 34.7 Å². The van der Waals surface area contributed by atoms with E-state index in [4.69, 9.17) is 4.74 Å². The third kappa shape index (κ3) is 3.10. The fourth-order valence-electron chi connectivity index (χ4n) is 3.14. The number of anilines is 1. The molecule has 1 aliphatic rings. The summed E-state index contributed by atoms with van der Waals surface area (Å²) in [4.78, 5) is 40.1. The molecule has 3 amide bonds. The zero-order valence-electron chi connectivity index (χ0n) is 15.6. The number of rotatable bonds is 3. The monoisotopic (exact) mass is 364 g/mol. The number of carbonyl (C=O) groups excluding carboxylic acids is 3. The van der Waals surface area contributed by atoms with E-state index in [1.54, 1.807) is 32.3 Å². The highest BCUT2D eigenvalue weighted by Gasteiger charge is 2.38. The zero-order valence-corrected chi connectivity index (χ0v) is 15.6. The van der Waals surface area contributed by atoms with Crippen LogP contribution in [0.5, 0.6) is 0 Å². The van der Waals surface area contributed by atoms with E-state index in [1.807, 2.05) is 30.3 Å². The first kappa shape index (κ1) is 18.4. The Balaban J connectivity index is 2.29. The van der Waals surface area contributed by atoms with E-state index in [9.17, 15) is 14.4 Å². The number of imide groups is 1. The summed E-state index contributed by atoms with van der Waals surface area (Å²) in [6.07, 6.45) is 0. The summed E-state index contributed by atoms with van der Waals surface area (Å²) < 4.78 is 5.55. The maximum absolute atomic E-state index is 13.1. The number of fused-ring (bicyclic) bond motifs is 1. The smallest absolute Gasteiger partial charge is 0.269 e. The third-order valence-corrected chi connectivity index (χ3v) is 4.36. The van der Waals surface area contributed by atoms with E-state index in [1.165, 1.54) is 18.9 Å². The molecule has 0 radical (unpaired) electrons. The zero-order chi connectivity index (χ0) is 19.7. The van der Waals surface area contributed by atoms with Crippen LogP contribution in [0.1, 0.15) is 28.4 Å². The van der Waals surface area contributed by atoms with Crippen molar-refractivity contribution < 1.29 is 19.1 Å². The van der Waals surface area contributed by atoms with Gasteiger partial charge < -0.3 is 9.64 Å². The van der Waals surface area contributed by atoms with Gasteiger partial charge in [-0.1, -0.05) is 30.3 Å². The van der Waals surface area contributed by atoms with Gasteiger partial charge >= 0.3 is 0 Å². The highest BCUT2D eigenvalue weighted by molar-refractivity contribution is 6.43. The number of hydrogen-bond acceptors (Lipinski definition) is 4. The molecule has 0 atom stereocenters. The first-order chi connectivity index (χ1) is 12.9. The maximum atomic E-state index is 13.1. The number of ether oxygens (including phenoxy) is 1. The predicted molar refractivity (Wildman–Crippen MR) is 103 cm³/mol. The number of methoxy groups -OCH3 is 1. The van der Waals surface area contributed by atoms with Crippen molar-refractivity contribution in [3.05, 3.63) is 65.2 Å². The lowest BCUT2D eigenvalue weighted by Crippen LogP contribution is -2.31. The molecule has 0 aliphatic carbocycles. The summed E-state index contributed by atoms with van der Waals surface area (Å²) in [5.41, 5.74) is 2.36. The Hall–Kier alpha value is -3.41. The molecular formula is C21H20N2O4. The Morgan fingerprint density at radius 3 is 2.22 bits per heavy atom. The van der Waals surface area contributed by atoms with Gasteiger partial charge in [0, 0.05) is 37.7 Å². The lowest BCUT2D eigenvalue weighted by molar-refractivity contribution is -0.122. The van der Waals surface area contributed by atoms with Gasteiger partial charge in [-0.15, -0.1) is 0 Å². The van der Waals surface area contributed by atoms with Gasteiger partial charge in [-0.3, -0.25) is 14.4 Å². The molecule has 2 aromatic rings. The van der Waals surface area contributed by atoms with Crippen molar-refractivity contribution in [3.63, 3.8) is 0 Å². The molecule has 1 aliphatic heterocycles. The van der Waals surface area contributed by atoms with Crippen LogP contribution in [0.25, 0.3) is 11.3 Å². The molecular weight excluding hydrogens is 344 g/mol. The Kier molecular flexibility index (Phi) is 4.81. The number of nitrogens with zero attached hydrogens (tertiary/aromatic N) is 2. The Morgan fingerprint density at radius 1 is 1.00 bits per heavy atom. The van der Waals surface area contributed by atoms with Crippen molar-refractivity contribution in [3.8, 4) is 0 Å². The molecule has 0 spiro atoms. The van der Waals surface area contributed by atoms with Crippen LogP contribution < -0.4 is 4.90 Å². The van der Waals surface area contributed by atoms with E-state index >= 15 is 0 Å². The molecule has 6 heteroatoms. The molecule has 2 aromatic carbocycles. The summed E-state index contributed by atoms with van der Waals surface area (Å²) >= 11 is 0. The van der Waals surface area contributed by atoms with Crippen LogP contribution in [-0.2, 0) is 14.3 Å². The van der Waals surface area contributed by atoms with Crippen LogP contribution in [-0.4, -0.2) is 43.8 Å². The van der Waals surface area contributed by atoms with Gasteiger partial charge in [0.15, 0.2) is 0 Å². The second kappa shape index (κ2) is 7.07. The van der Waals surface area contributed by atoms with Gasteiger partial charge in [0.1, 0.15) is 5.76 Å². The minimum Gasteiger partial charge on any atom is -0.495 e. The first-order valence-corrected chi connectivity index (χ1v) is 8.41. The molecule has 0 aromatic heterocycles. The van der Waals surface area contributed by atoms with Crippen molar-refractivity contribution in [1.29, 1.82) is 0 Å². The van der Waals surface area contributed by atoms with E-state index in [0.29, 0.717) is 28.1 Å². The number of carbonyl (C=O) groups is 3. The van der Waals surface area contributed by atoms with Crippen LogP contribution in [0.2, 0.25) is 0 Å². The molecule has 0 N–H and O–H groups in total. The fraction of sp³-hybridized carbons (Fsp3) is 0.190. The predicted octanol–water partition coefficient (Wildman–Crippen LogP) is 2.80. The summed E-state index contributed by atoms with van der Waals surface area (Å²) in [7, 11) is 4.79. The van der Waals surface area contributed by atoms with Crippen LogP contribution >= 0.6 is 0 Å². The average molecular weight is 364 g/mol. The second-order valence-corrected chi connectivity index (χ2v) is 6.37. The van der Waals surface area contributed by atoms with Gasteiger partial charge in [-0.25, -0.2) is 4.90 Å². The molecule has 0 saturated heterocycles. The number of amides is 3. The summed E-state index contributed by atoms with van der Waals surface area (Å²) in [6.45, 7) is 1.33. The van der Waals surface area contributed by atoms with Crippen molar-refractivity contribution in [1.82, 2.24) is 4.90 Å². The highest BCUT2D eigenvalue weighted by Crippen LogP contribution is 2.41. The largest absolute Gasteiger partial charge is 0.495 e. The Morgan fingerprint density at radius 2 is 1.67 bits per heavy atom. The van der Waals surface area contributed by atoms with E-state index < -0.39 is 11.8 Å². The van der Waals surface area contributed by atoms with Crippen molar-refractivity contribution in [2.24, 2.45) is 0 Å². The third-order valence-electron chi connectivity index (χ3n) is 4.36. The normalized spacial score (nSPS) is 14.7. The van der Waals surface area contributed by atoms with Crippen LogP contribution in [0.4, 0.5) is 5.69 Å². The van der Waals surface area contributed by atoms with Gasteiger partial charge in [0.25, 0.3) is 11.8 Å². The number of hydrogen-bond donors (Lipinski definition) is 0. The van der Waals surface area contributed by atoms with Crippen molar-refractivity contribution in [2.75, 3.05) is 26.1 Å².